The SMILES string of the molecule is CN(N)C=O.COCc1c(Br)cccc1N(C)N. The molecule has 1 amide bonds. The molecule has 1 aromatic rings. The fourth-order valence-corrected chi connectivity index (χ4v) is 1.64. The highest BCUT2D eigenvalue weighted by molar-refractivity contribution is 9.10. The number of benzene rings is 1. The van der Waals surface area contributed by atoms with E-state index in [1.807, 2.05) is 18.2 Å². The van der Waals surface area contributed by atoms with Crippen LogP contribution in [0.4, 0.5) is 5.69 Å². The van der Waals surface area contributed by atoms with E-state index in [-0.39, 0.29) is 0 Å². The number of hydrogen-bond donors (Lipinski definition) is 2. The van der Waals surface area contributed by atoms with Crippen molar-refractivity contribution in [2.24, 2.45) is 11.7 Å². The van der Waals surface area contributed by atoms with Crippen LogP contribution in [0, 0.1) is 0 Å². The van der Waals surface area contributed by atoms with Crippen LogP contribution >= 0.6 is 15.9 Å². The van der Waals surface area contributed by atoms with Crippen LogP contribution in [0.1, 0.15) is 5.56 Å². The van der Waals surface area contributed by atoms with E-state index in [1.165, 1.54) is 7.05 Å². The van der Waals surface area contributed by atoms with Gasteiger partial charge in [0.1, 0.15) is 0 Å². The van der Waals surface area contributed by atoms with Crippen LogP contribution < -0.4 is 16.7 Å². The first-order chi connectivity index (χ1) is 8.43. The lowest BCUT2D eigenvalue weighted by molar-refractivity contribution is -0.117. The van der Waals surface area contributed by atoms with Crippen molar-refractivity contribution in [1.82, 2.24) is 5.01 Å². The Hall–Kier alpha value is -1.15. The third kappa shape index (κ3) is 5.97. The summed E-state index contributed by atoms with van der Waals surface area (Å²) in [5.74, 6) is 10.4. The number of carbonyl (C=O) groups excluding carboxylic acids is 1. The summed E-state index contributed by atoms with van der Waals surface area (Å²) in [5.41, 5.74) is 2.03. The van der Waals surface area contributed by atoms with Crippen LogP contribution in [0.5, 0.6) is 0 Å². The van der Waals surface area contributed by atoms with Gasteiger partial charge in [0.2, 0.25) is 6.41 Å². The number of hydrogen-bond acceptors (Lipinski definition) is 5. The predicted octanol–water partition coefficient (Wildman–Crippen LogP) is 0.854. The molecule has 0 aliphatic rings. The van der Waals surface area contributed by atoms with Gasteiger partial charge in [0.15, 0.2) is 0 Å². The number of anilines is 1. The molecule has 7 heteroatoms. The summed E-state index contributed by atoms with van der Waals surface area (Å²) in [5, 5.41) is 2.53. The second-order valence-electron chi connectivity index (χ2n) is 3.55. The molecular formula is C11H19BrN4O2. The molecule has 18 heavy (non-hydrogen) atoms. The number of rotatable bonds is 4. The van der Waals surface area contributed by atoms with E-state index >= 15 is 0 Å². The van der Waals surface area contributed by atoms with Gasteiger partial charge in [-0.1, -0.05) is 22.0 Å². The Labute approximate surface area is 116 Å². The van der Waals surface area contributed by atoms with Crippen molar-refractivity contribution in [2.75, 3.05) is 26.2 Å². The third-order valence-electron chi connectivity index (χ3n) is 1.93. The summed E-state index contributed by atoms with van der Waals surface area (Å²) in [4.78, 5) is 9.31. The monoisotopic (exact) mass is 318 g/mol. The molecule has 0 fully saturated rings. The summed E-state index contributed by atoms with van der Waals surface area (Å²) in [6.07, 6.45) is 0.528. The molecule has 1 rings (SSSR count). The molecule has 0 atom stereocenters. The largest absolute Gasteiger partial charge is 0.380 e. The van der Waals surface area contributed by atoms with E-state index in [0.717, 1.165) is 20.7 Å². The second-order valence-corrected chi connectivity index (χ2v) is 4.41. The molecule has 0 saturated carbocycles. The first-order valence-corrected chi connectivity index (χ1v) is 5.90. The third-order valence-corrected chi connectivity index (χ3v) is 2.67. The molecule has 0 aliphatic heterocycles. The van der Waals surface area contributed by atoms with Crippen molar-refractivity contribution >= 4 is 28.0 Å². The summed E-state index contributed by atoms with van der Waals surface area (Å²) < 4.78 is 6.11. The molecule has 6 nitrogen and oxygen atoms in total. The highest BCUT2D eigenvalue weighted by atomic mass is 79.9. The standard InChI is InChI=1S/C9H13BrN2O.C2H6N2O/c1-12(11)9-5-3-4-8(10)7(9)6-13-2;1-4(3)2-5/h3-5H,6,11H2,1-2H3;2H,3H2,1H3. The quantitative estimate of drug-likeness (QED) is 0.372. The molecule has 4 N–H and O–H groups in total. The smallest absolute Gasteiger partial charge is 0.223 e. The number of nitrogens with zero attached hydrogens (tertiary/aromatic N) is 2. The van der Waals surface area contributed by atoms with Gasteiger partial charge >= 0.3 is 0 Å². The molecule has 0 aliphatic carbocycles. The Morgan fingerprint density at radius 2 is 1.94 bits per heavy atom. The maximum atomic E-state index is 9.31. The van der Waals surface area contributed by atoms with E-state index < -0.39 is 0 Å². The number of hydrazine groups is 2. The normalized spacial score (nSPS) is 9.22. The number of ether oxygens (including phenoxy) is 1. The van der Waals surface area contributed by atoms with Crippen molar-refractivity contribution in [3.8, 4) is 0 Å². The average Bonchev–Trinajstić information content (AvgIpc) is 2.32. The first-order valence-electron chi connectivity index (χ1n) is 5.11. The van der Waals surface area contributed by atoms with Crippen LogP contribution in [0.15, 0.2) is 22.7 Å². The van der Waals surface area contributed by atoms with Gasteiger partial charge in [0.05, 0.1) is 12.3 Å². The van der Waals surface area contributed by atoms with Crippen LogP contribution in [0.25, 0.3) is 0 Å². The summed E-state index contributed by atoms with van der Waals surface area (Å²) in [7, 11) is 4.94. The van der Waals surface area contributed by atoms with Gasteiger partial charge < -0.3 is 9.75 Å². The highest BCUT2D eigenvalue weighted by Crippen LogP contribution is 2.26. The number of halogens is 1. The Morgan fingerprint density at radius 3 is 2.33 bits per heavy atom. The molecule has 0 heterocycles. The van der Waals surface area contributed by atoms with Crippen LogP contribution in [0.2, 0.25) is 0 Å². The van der Waals surface area contributed by atoms with Crippen LogP contribution in [0.3, 0.4) is 0 Å². The summed E-state index contributed by atoms with van der Waals surface area (Å²) in [6, 6.07) is 5.88. The lowest BCUT2D eigenvalue weighted by Crippen LogP contribution is -2.26. The van der Waals surface area contributed by atoms with E-state index in [1.54, 1.807) is 19.2 Å². The molecular weight excluding hydrogens is 300 g/mol. The first kappa shape index (κ1) is 16.9. The Bertz CT molecular complexity index is 372. The van der Waals surface area contributed by atoms with Crippen molar-refractivity contribution in [2.45, 2.75) is 6.61 Å². The number of carbonyl (C=O) groups is 1. The van der Waals surface area contributed by atoms with Gasteiger partial charge in [0.25, 0.3) is 0 Å². The lowest BCUT2D eigenvalue weighted by Gasteiger charge is -2.17. The topological polar surface area (TPSA) is 84.8 Å². The molecule has 0 saturated heterocycles. The van der Waals surface area contributed by atoms with Crippen molar-refractivity contribution in [3.05, 3.63) is 28.2 Å². The minimum atomic E-state index is 0.528. The molecule has 0 spiro atoms. The van der Waals surface area contributed by atoms with Crippen LogP contribution in [-0.4, -0.2) is 32.6 Å². The van der Waals surface area contributed by atoms with Crippen molar-refractivity contribution in [1.29, 1.82) is 0 Å². The highest BCUT2D eigenvalue weighted by Gasteiger charge is 2.07. The fraction of sp³-hybridized carbons (Fsp3) is 0.364. The van der Waals surface area contributed by atoms with Gasteiger partial charge in [-0.05, 0) is 12.1 Å². The van der Waals surface area contributed by atoms with Gasteiger partial charge in [0, 0.05) is 31.2 Å². The van der Waals surface area contributed by atoms with Gasteiger partial charge in [-0.3, -0.25) is 9.80 Å². The summed E-state index contributed by atoms with van der Waals surface area (Å²) in [6.45, 7) is 0.554. The average molecular weight is 319 g/mol. The zero-order valence-electron chi connectivity index (χ0n) is 10.8. The maximum absolute atomic E-state index is 9.31. The molecule has 102 valence electrons. The Kier molecular flexibility index (Phi) is 8.30. The van der Waals surface area contributed by atoms with Crippen LogP contribution in [-0.2, 0) is 16.1 Å². The summed E-state index contributed by atoms with van der Waals surface area (Å²) >= 11 is 3.45. The predicted molar refractivity (Wildman–Crippen MR) is 75.5 cm³/mol. The number of nitrogens with two attached hydrogens (primary N) is 2. The maximum Gasteiger partial charge on any atom is 0.223 e. The Balaban J connectivity index is 0.000000494. The minimum Gasteiger partial charge on any atom is -0.380 e. The molecule has 0 aromatic heterocycles. The zero-order valence-corrected chi connectivity index (χ0v) is 12.3. The number of amides is 1. The van der Waals surface area contributed by atoms with Crippen molar-refractivity contribution in [3.63, 3.8) is 0 Å². The van der Waals surface area contributed by atoms with Crippen molar-refractivity contribution < 1.29 is 9.53 Å². The van der Waals surface area contributed by atoms with E-state index in [9.17, 15) is 4.79 Å². The molecule has 0 bridgehead atoms. The molecule has 1 aromatic carbocycles. The molecule has 0 unspecified atom stereocenters. The number of methoxy groups -OCH3 is 1. The van der Waals surface area contributed by atoms with E-state index in [0.29, 0.717) is 13.0 Å². The molecule has 0 radical (unpaired) electrons. The Morgan fingerprint density at radius 1 is 1.39 bits per heavy atom. The fourth-order valence-electron chi connectivity index (χ4n) is 1.16. The van der Waals surface area contributed by atoms with E-state index in [4.69, 9.17) is 16.4 Å². The lowest BCUT2D eigenvalue weighted by atomic mass is 10.2. The zero-order chi connectivity index (χ0) is 14.1. The van der Waals surface area contributed by atoms with Gasteiger partial charge in [-0.25, -0.2) is 11.7 Å². The minimum absolute atomic E-state index is 0.528. The second kappa shape index (κ2) is 8.87. The van der Waals surface area contributed by atoms with E-state index in [2.05, 4.69) is 15.9 Å². The van der Waals surface area contributed by atoms with Gasteiger partial charge in [-0.2, -0.15) is 0 Å². The van der Waals surface area contributed by atoms with Gasteiger partial charge in [-0.15, -0.1) is 0 Å².